The van der Waals surface area contributed by atoms with Crippen molar-refractivity contribution >= 4 is 31.5 Å². The summed E-state index contributed by atoms with van der Waals surface area (Å²) in [7, 11) is -7.10. The SMILES string of the molecule is CCN(CC)S(=O)(=O)c1ccc(C(=O)CNc2ccc(S(=O)(=O)N3CCCC(C)C3)cc2)cc1. The molecule has 1 heterocycles. The van der Waals surface area contributed by atoms with Gasteiger partial charge in [-0.3, -0.25) is 4.79 Å². The van der Waals surface area contributed by atoms with Crippen LogP contribution in [0, 0.1) is 5.92 Å². The molecule has 1 unspecified atom stereocenters. The Labute approximate surface area is 203 Å². The fraction of sp³-hybridized carbons (Fsp3) is 0.458. The number of nitrogens with zero attached hydrogens (tertiary/aromatic N) is 2. The second-order valence-electron chi connectivity index (χ2n) is 8.53. The van der Waals surface area contributed by atoms with Crippen molar-refractivity contribution in [3.8, 4) is 0 Å². The summed E-state index contributed by atoms with van der Waals surface area (Å²) in [6.07, 6.45) is 1.90. The molecule has 2 aromatic carbocycles. The number of rotatable bonds is 10. The maximum atomic E-state index is 12.9. The second-order valence-corrected chi connectivity index (χ2v) is 12.4. The third-order valence-corrected chi connectivity index (χ3v) is 10.0. The van der Waals surface area contributed by atoms with Gasteiger partial charge in [-0.2, -0.15) is 8.61 Å². The third-order valence-electron chi connectivity index (χ3n) is 6.08. The van der Waals surface area contributed by atoms with Gasteiger partial charge in [0.1, 0.15) is 0 Å². The van der Waals surface area contributed by atoms with Crippen molar-refractivity contribution in [1.82, 2.24) is 8.61 Å². The fourth-order valence-electron chi connectivity index (χ4n) is 4.07. The monoisotopic (exact) mass is 507 g/mol. The van der Waals surface area contributed by atoms with Crippen LogP contribution in [0.4, 0.5) is 5.69 Å². The van der Waals surface area contributed by atoms with Gasteiger partial charge in [0.05, 0.1) is 16.3 Å². The van der Waals surface area contributed by atoms with E-state index in [1.807, 2.05) is 0 Å². The van der Waals surface area contributed by atoms with Crippen molar-refractivity contribution in [1.29, 1.82) is 0 Å². The summed E-state index contributed by atoms with van der Waals surface area (Å²) in [5.41, 5.74) is 1.02. The van der Waals surface area contributed by atoms with E-state index < -0.39 is 20.0 Å². The Morgan fingerprint density at radius 3 is 2.12 bits per heavy atom. The Morgan fingerprint density at radius 2 is 1.56 bits per heavy atom. The molecule has 0 bridgehead atoms. The van der Waals surface area contributed by atoms with E-state index >= 15 is 0 Å². The zero-order chi connectivity index (χ0) is 24.9. The van der Waals surface area contributed by atoms with Crippen molar-refractivity contribution in [2.45, 2.75) is 43.4 Å². The first-order chi connectivity index (χ1) is 16.1. The van der Waals surface area contributed by atoms with Crippen LogP contribution in [-0.4, -0.2) is 64.0 Å². The van der Waals surface area contributed by atoms with Crippen LogP contribution in [0.15, 0.2) is 58.3 Å². The highest BCUT2D eigenvalue weighted by Gasteiger charge is 2.28. The molecule has 1 fully saturated rings. The van der Waals surface area contributed by atoms with Crippen LogP contribution in [0.3, 0.4) is 0 Å². The summed E-state index contributed by atoms with van der Waals surface area (Å²) >= 11 is 0. The Hall–Kier alpha value is -2.27. The molecular formula is C24H33N3O5S2. The van der Waals surface area contributed by atoms with E-state index in [1.54, 1.807) is 38.1 Å². The van der Waals surface area contributed by atoms with Gasteiger partial charge < -0.3 is 5.32 Å². The zero-order valence-electron chi connectivity index (χ0n) is 19.9. The molecular weight excluding hydrogens is 474 g/mol. The van der Waals surface area contributed by atoms with Gasteiger partial charge >= 0.3 is 0 Å². The summed E-state index contributed by atoms with van der Waals surface area (Å²) in [6.45, 7) is 7.44. The van der Waals surface area contributed by atoms with Crippen molar-refractivity contribution in [2.24, 2.45) is 5.92 Å². The van der Waals surface area contributed by atoms with E-state index in [4.69, 9.17) is 0 Å². The number of piperidine rings is 1. The maximum Gasteiger partial charge on any atom is 0.243 e. The highest BCUT2D eigenvalue weighted by Crippen LogP contribution is 2.24. The molecule has 2 aromatic rings. The predicted molar refractivity (Wildman–Crippen MR) is 133 cm³/mol. The quantitative estimate of drug-likeness (QED) is 0.494. The Bertz CT molecular complexity index is 1190. The lowest BCUT2D eigenvalue weighted by atomic mass is 10.0. The summed E-state index contributed by atoms with van der Waals surface area (Å²) in [4.78, 5) is 13.0. The fourth-order valence-corrected chi connectivity index (χ4v) is 7.12. The lowest BCUT2D eigenvalue weighted by molar-refractivity contribution is 0.101. The number of carbonyl (C=O) groups is 1. The van der Waals surface area contributed by atoms with Crippen molar-refractivity contribution in [3.05, 3.63) is 54.1 Å². The molecule has 1 aliphatic heterocycles. The van der Waals surface area contributed by atoms with Gasteiger partial charge in [-0.15, -0.1) is 0 Å². The second kappa shape index (κ2) is 11.0. The standard InChI is InChI=1S/C24H33N3O5S2/c1-4-26(5-2)33(29,30)22-12-8-20(9-13-22)24(28)17-25-21-10-14-23(15-11-21)34(31,32)27-16-6-7-19(3)18-27/h8-15,19,25H,4-7,16-18H2,1-3H3. The van der Waals surface area contributed by atoms with Crippen LogP contribution in [0.1, 0.15) is 44.0 Å². The Balaban J connectivity index is 1.62. The lowest BCUT2D eigenvalue weighted by Gasteiger charge is -2.30. The summed E-state index contributed by atoms with van der Waals surface area (Å²) in [5.74, 6) is 0.146. The molecule has 0 radical (unpaired) electrons. The number of carbonyl (C=O) groups excluding carboxylic acids is 1. The number of ketones is 1. The number of anilines is 1. The molecule has 3 rings (SSSR count). The first-order valence-corrected chi connectivity index (χ1v) is 14.4. The van der Waals surface area contributed by atoms with Gasteiger partial charge in [0.15, 0.2) is 5.78 Å². The maximum absolute atomic E-state index is 12.9. The largest absolute Gasteiger partial charge is 0.378 e. The number of hydrogen-bond acceptors (Lipinski definition) is 6. The minimum absolute atomic E-state index is 0.00211. The smallest absolute Gasteiger partial charge is 0.243 e. The van der Waals surface area contributed by atoms with Crippen LogP contribution in [-0.2, 0) is 20.0 Å². The molecule has 0 aromatic heterocycles. The van der Waals surface area contributed by atoms with Crippen LogP contribution in [0.5, 0.6) is 0 Å². The van der Waals surface area contributed by atoms with E-state index in [0.29, 0.717) is 43.3 Å². The first-order valence-electron chi connectivity index (χ1n) is 11.6. The molecule has 0 saturated carbocycles. The van der Waals surface area contributed by atoms with Crippen molar-refractivity contribution < 1.29 is 21.6 Å². The summed E-state index contributed by atoms with van der Waals surface area (Å²) in [6, 6.07) is 12.3. The zero-order valence-corrected chi connectivity index (χ0v) is 21.5. The lowest BCUT2D eigenvalue weighted by Crippen LogP contribution is -2.39. The normalized spacial score (nSPS) is 17.6. The van der Waals surface area contributed by atoms with Gasteiger partial charge in [0.25, 0.3) is 0 Å². The molecule has 186 valence electrons. The molecule has 1 saturated heterocycles. The highest BCUT2D eigenvalue weighted by atomic mass is 32.2. The molecule has 8 nitrogen and oxygen atoms in total. The van der Waals surface area contributed by atoms with Crippen LogP contribution < -0.4 is 5.32 Å². The number of nitrogens with one attached hydrogen (secondary N) is 1. The van der Waals surface area contributed by atoms with Crippen LogP contribution in [0.25, 0.3) is 0 Å². The van der Waals surface area contributed by atoms with Crippen LogP contribution in [0.2, 0.25) is 0 Å². The van der Waals surface area contributed by atoms with E-state index in [2.05, 4.69) is 12.2 Å². The highest BCUT2D eigenvalue weighted by molar-refractivity contribution is 7.89. The summed E-state index contributed by atoms with van der Waals surface area (Å²) < 4.78 is 53.8. The van der Waals surface area contributed by atoms with E-state index in [9.17, 15) is 21.6 Å². The van der Waals surface area contributed by atoms with Crippen LogP contribution >= 0.6 is 0 Å². The molecule has 1 atom stereocenters. The number of hydrogen-bond donors (Lipinski definition) is 1. The Kier molecular flexibility index (Phi) is 8.51. The van der Waals surface area contributed by atoms with Gasteiger partial charge in [-0.1, -0.05) is 20.8 Å². The average molecular weight is 508 g/mol. The number of Topliss-reactive ketones (excluding diaryl/α,β-unsaturated/α-hetero) is 1. The minimum atomic E-state index is -3.57. The Morgan fingerprint density at radius 1 is 0.971 bits per heavy atom. The third kappa shape index (κ3) is 5.86. The minimum Gasteiger partial charge on any atom is -0.378 e. The predicted octanol–water partition coefficient (Wildman–Crippen LogP) is 3.43. The average Bonchev–Trinajstić information content (AvgIpc) is 2.83. The van der Waals surface area contributed by atoms with Gasteiger partial charge in [-0.05, 0) is 67.3 Å². The van der Waals surface area contributed by atoms with E-state index in [0.717, 1.165) is 12.8 Å². The molecule has 0 spiro atoms. The van der Waals surface area contributed by atoms with Crippen molar-refractivity contribution in [3.63, 3.8) is 0 Å². The molecule has 0 amide bonds. The molecule has 1 aliphatic rings. The van der Waals surface area contributed by atoms with E-state index in [-0.39, 0.29) is 22.1 Å². The summed E-state index contributed by atoms with van der Waals surface area (Å²) in [5, 5.41) is 3.01. The van der Waals surface area contributed by atoms with E-state index in [1.165, 1.54) is 32.9 Å². The van der Waals surface area contributed by atoms with Gasteiger partial charge in [-0.25, -0.2) is 16.8 Å². The molecule has 10 heteroatoms. The first kappa shape index (κ1) is 26.3. The topological polar surface area (TPSA) is 104 Å². The van der Waals surface area contributed by atoms with Crippen molar-refractivity contribution in [2.75, 3.05) is 38.0 Å². The number of sulfonamides is 2. The number of benzene rings is 2. The molecule has 1 N–H and O–H groups in total. The van der Waals surface area contributed by atoms with Gasteiger partial charge in [0.2, 0.25) is 20.0 Å². The molecule has 34 heavy (non-hydrogen) atoms. The van der Waals surface area contributed by atoms with Gasteiger partial charge in [0, 0.05) is 37.4 Å². The molecule has 0 aliphatic carbocycles.